The predicted octanol–water partition coefficient (Wildman–Crippen LogP) is 16.9. The fourth-order valence-corrected chi connectivity index (χ4v) is 9.67. The molecule has 306 valence electrons. The van der Waals surface area contributed by atoms with Crippen molar-refractivity contribution < 1.29 is 9.47 Å². The van der Waals surface area contributed by atoms with Crippen molar-refractivity contribution in [1.82, 2.24) is 4.57 Å². The van der Waals surface area contributed by atoms with E-state index in [2.05, 4.69) is 202 Å². The Bertz CT molecular complexity index is 3310. The Kier molecular flexibility index (Phi) is 8.46. The molecule has 1 aromatic heterocycles. The summed E-state index contributed by atoms with van der Waals surface area (Å²) in [7, 11) is 0. The van der Waals surface area contributed by atoms with Gasteiger partial charge in [0.2, 0.25) is 0 Å². The molecule has 2 aliphatic rings. The van der Waals surface area contributed by atoms with Gasteiger partial charge in [0.05, 0.1) is 33.8 Å². The third-order valence-corrected chi connectivity index (χ3v) is 12.8. The first-order valence-corrected chi connectivity index (χ1v) is 22.0. The van der Waals surface area contributed by atoms with Crippen molar-refractivity contribution in [1.29, 1.82) is 0 Å². The first kappa shape index (κ1) is 36.8. The van der Waals surface area contributed by atoms with Crippen LogP contribution in [0.15, 0.2) is 237 Å². The lowest BCUT2D eigenvalue weighted by Crippen LogP contribution is -2.15. The number of nitrogens with zero attached hydrogens (tertiary/aromatic N) is 3. The molecule has 13 rings (SSSR count). The Labute approximate surface area is 376 Å². The fourth-order valence-electron chi connectivity index (χ4n) is 9.67. The highest BCUT2D eigenvalue weighted by atomic mass is 16.5. The summed E-state index contributed by atoms with van der Waals surface area (Å²) >= 11 is 0. The van der Waals surface area contributed by atoms with Gasteiger partial charge in [-0.1, -0.05) is 127 Å². The zero-order valence-corrected chi connectivity index (χ0v) is 35.2. The zero-order chi connectivity index (χ0) is 42.8. The summed E-state index contributed by atoms with van der Waals surface area (Å²) in [5.74, 6) is 3.37. The highest BCUT2D eigenvalue weighted by Gasteiger charge is 2.27. The summed E-state index contributed by atoms with van der Waals surface area (Å²) in [4.78, 5) is 4.56. The van der Waals surface area contributed by atoms with E-state index in [9.17, 15) is 0 Å². The highest BCUT2D eigenvalue weighted by Crippen LogP contribution is 2.52. The Balaban J connectivity index is 0.908. The maximum absolute atomic E-state index is 6.30. The van der Waals surface area contributed by atoms with Gasteiger partial charge in [-0.3, -0.25) is 0 Å². The molecule has 0 amide bonds. The molecule has 5 nitrogen and oxygen atoms in total. The second-order valence-electron chi connectivity index (χ2n) is 16.6. The minimum atomic E-state index is 0.843. The number of hydrogen-bond donors (Lipinski definition) is 0. The summed E-state index contributed by atoms with van der Waals surface area (Å²) in [6.45, 7) is 0. The van der Waals surface area contributed by atoms with E-state index in [4.69, 9.17) is 9.47 Å². The Morgan fingerprint density at radius 2 is 0.554 bits per heavy atom. The molecular formula is C60H39N3O2. The van der Waals surface area contributed by atoms with Crippen LogP contribution in [0.3, 0.4) is 0 Å². The van der Waals surface area contributed by atoms with Crippen molar-refractivity contribution in [3.8, 4) is 62.1 Å². The highest BCUT2D eigenvalue weighted by molar-refractivity contribution is 6.12. The van der Waals surface area contributed by atoms with Crippen molar-refractivity contribution in [2.45, 2.75) is 0 Å². The normalized spacial score (nSPS) is 12.5. The van der Waals surface area contributed by atoms with Crippen molar-refractivity contribution in [3.63, 3.8) is 0 Å². The van der Waals surface area contributed by atoms with Crippen LogP contribution in [-0.2, 0) is 0 Å². The molecule has 0 aliphatic carbocycles. The van der Waals surface area contributed by atoms with Crippen molar-refractivity contribution in [3.05, 3.63) is 237 Å². The molecular weight excluding hydrogens is 795 g/mol. The smallest absolute Gasteiger partial charge is 0.151 e. The van der Waals surface area contributed by atoms with E-state index < -0.39 is 0 Å². The van der Waals surface area contributed by atoms with Crippen molar-refractivity contribution in [2.75, 3.05) is 9.80 Å². The van der Waals surface area contributed by atoms with Gasteiger partial charge in [0.15, 0.2) is 23.0 Å². The average molecular weight is 834 g/mol. The molecule has 0 unspecified atom stereocenters. The number of hydrogen-bond acceptors (Lipinski definition) is 4. The molecule has 0 bridgehead atoms. The van der Waals surface area contributed by atoms with Gasteiger partial charge < -0.3 is 23.8 Å². The number of fused-ring (bicyclic) bond motifs is 7. The van der Waals surface area contributed by atoms with Gasteiger partial charge in [0.25, 0.3) is 0 Å². The van der Waals surface area contributed by atoms with E-state index in [0.717, 1.165) is 96.1 Å². The van der Waals surface area contributed by atoms with Crippen LogP contribution >= 0.6 is 0 Å². The molecule has 0 fully saturated rings. The Morgan fingerprint density at radius 1 is 0.246 bits per heavy atom. The van der Waals surface area contributed by atoms with Crippen LogP contribution in [0.25, 0.3) is 60.9 Å². The van der Waals surface area contributed by atoms with Gasteiger partial charge in [-0.25, -0.2) is 0 Å². The first-order chi connectivity index (χ1) is 32.2. The monoisotopic (exact) mass is 833 g/mol. The summed E-state index contributed by atoms with van der Waals surface area (Å²) < 4.78 is 15.0. The minimum Gasteiger partial charge on any atom is -0.453 e. The van der Waals surface area contributed by atoms with E-state index in [-0.39, 0.29) is 0 Å². The lowest BCUT2D eigenvalue weighted by atomic mass is 9.99. The van der Waals surface area contributed by atoms with E-state index in [0.29, 0.717) is 0 Å². The van der Waals surface area contributed by atoms with Crippen LogP contribution in [0.5, 0.6) is 23.0 Å². The third kappa shape index (κ3) is 6.16. The third-order valence-electron chi connectivity index (χ3n) is 12.8. The number of rotatable bonds is 6. The van der Waals surface area contributed by atoms with Crippen LogP contribution < -0.4 is 19.3 Å². The molecule has 65 heavy (non-hydrogen) atoms. The maximum Gasteiger partial charge on any atom is 0.151 e. The molecule has 5 heteroatoms. The lowest BCUT2D eigenvalue weighted by Gasteiger charge is -2.32. The minimum absolute atomic E-state index is 0.843. The van der Waals surface area contributed by atoms with Gasteiger partial charge in [-0.2, -0.15) is 0 Å². The first-order valence-electron chi connectivity index (χ1n) is 22.0. The lowest BCUT2D eigenvalue weighted by molar-refractivity contribution is 0.477. The second-order valence-corrected chi connectivity index (χ2v) is 16.6. The van der Waals surface area contributed by atoms with Crippen molar-refractivity contribution in [2.24, 2.45) is 0 Å². The summed E-state index contributed by atoms with van der Waals surface area (Å²) in [6.07, 6.45) is 0. The number of anilines is 6. The van der Waals surface area contributed by atoms with Gasteiger partial charge in [-0.15, -0.1) is 0 Å². The van der Waals surface area contributed by atoms with E-state index >= 15 is 0 Å². The average Bonchev–Trinajstić information content (AvgIpc) is 3.70. The summed E-state index contributed by atoms with van der Waals surface area (Å²) in [5, 5.41) is 2.40. The van der Waals surface area contributed by atoms with Crippen LogP contribution in [0.2, 0.25) is 0 Å². The van der Waals surface area contributed by atoms with E-state index in [1.165, 1.54) is 21.9 Å². The molecule has 11 aromatic rings. The summed E-state index contributed by atoms with van der Waals surface area (Å²) in [6, 6.07) is 84.0. The zero-order valence-electron chi connectivity index (χ0n) is 35.2. The fraction of sp³-hybridized carbons (Fsp3) is 0. The standard InChI is InChI=1S/C60H39N3O2/c1-2-12-40(13-3-1)41-22-30-46(31-23-41)61-51-36-28-44(42-24-32-47(33-25-42)62-53-14-4-8-18-57(53)64-58-19-9-5-15-54(58)62)38-49(51)50-39-45(29-37-52(50)61)43-26-34-48(35-27-43)63-55-16-6-10-20-59(55)65-60-21-11-7-17-56(60)63/h1-39H. The summed E-state index contributed by atoms with van der Waals surface area (Å²) in [5.41, 5.74) is 16.7. The molecule has 0 spiro atoms. The number of ether oxygens (including phenoxy) is 2. The van der Waals surface area contributed by atoms with Gasteiger partial charge >= 0.3 is 0 Å². The molecule has 10 aromatic carbocycles. The van der Waals surface area contributed by atoms with Gasteiger partial charge in [0, 0.05) is 27.8 Å². The Hall–Kier alpha value is -8.80. The van der Waals surface area contributed by atoms with Crippen LogP contribution in [0, 0.1) is 0 Å². The van der Waals surface area contributed by atoms with Gasteiger partial charge in [0.1, 0.15) is 0 Å². The molecule has 0 saturated carbocycles. The maximum atomic E-state index is 6.30. The number of benzene rings is 10. The number of aromatic nitrogens is 1. The second kappa shape index (κ2) is 14.9. The van der Waals surface area contributed by atoms with Crippen LogP contribution in [0.1, 0.15) is 0 Å². The van der Waals surface area contributed by atoms with Crippen LogP contribution in [0.4, 0.5) is 34.1 Å². The molecule has 0 radical (unpaired) electrons. The van der Waals surface area contributed by atoms with E-state index in [1.807, 2.05) is 48.5 Å². The predicted molar refractivity (Wildman–Crippen MR) is 267 cm³/mol. The molecule has 3 heterocycles. The van der Waals surface area contributed by atoms with E-state index in [1.54, 1.807) is 0 Å². The van der Waals surface area contributed by atoms with Crippen molar-refractivity contribution >= 4 is 55.9 Å². The molecule has 0 atom stereocenters. The number of para-hydroxylation sites is 8. The molecule has 0 saturated heterocycles. The topological polar surface area (TPSA) is 29.9 Å². The molecule has 2 aliphatic heterocycles. The Morgan fingerprint density at radius 3 is 0.954 bits per heavy atom. The van der Waals surface area contributed by atoms with Crippen LogP contribution in [-0.4, -0.2) is 4.57 Å². The SMILES string of the molecule is c1ccc(-c2ccc(-n3c4ccc(-c5ccc(N6c7ccccc7Oc7ccccc76)cc5)cc4c4cc(-c5ccc(N6c7ccccc7Oc7ccccc76)cc5)ccc43)cc2)cc1. The van der Waals surface area contributed by atoms with Gasteiger partial charge in [-0.05, 0) is 143 Å². The largest absolute Gasteiger partial charge is 0.453 e. The quantitative estimate of drug-likeness (QED) is 0.167. The molecule has 0 N–H and O–H groups in total.